The van der Waals surface area contributed by atoms with E-state index >= 15 is 0 Å². The first kappa shape index (κ1) is 22.5. The number of anilines is 1. The topological polar surface area (TPSA) is 81.9 Å². The van der Waals surface area contributed by atoms with Gasteiger partial charge < -0.3 is 19.2 Å². The summed E-state index contributed by atoms with van der Waals surface area (Å²) in [6.07, 6.45) is 2.04. The van der Waals surface area contributed by atoms with E-state index < -0.39 is 5.97 Å². The molecular weight excluding hydrogens is 438 g/mol. The first-order valence-corrected chi connectivity index (χ1v) is 11.5. The summed E-state index contributed by atoms with van der Waals surface area (Å²) in [5.74, 6) is 0.0235. The summed E-state index contributed by atoms with van der Waals surface area (Å²) in [6.45, 7) is 5.88. The van der Waals surface area contributed by atoms with Crippen LogP contribution in [0.5, 0.6) is 5.75 Å². The van der Waals surface area contributed by atoms with E-state index in [2.05, 4.69) is 10.3 Å². The largest absolute Gasteiger partial charge is 0.497 e. The fourth-order valence-electron chi connectivity index (χ4n) is 3.74. The van der Waals surface area contributed by atoms with Crippen LogP contribution in [0.2, 0.25) is 0 Å². The molecule has 0 aliphatic heterocycles. The molecule has 0 radical (unpaired) electrons. The van der Waals surface area contributed by atoms with Crippen LogP contribution in [0, 0.1) is 13.8 Å². The predicted molar refractivity (Wildman–Crippen MR) is 129 cm³/mol. The molecule has 8 heteroatoms. The zero-order valence-electron chi connectivity index (χ0n) is 19.0. The van der Waals surface area contributed by atoms with Gasteiger partial charge in [-0.2, -0.15) is 0 Å². The number of aryl methyl sites for hydroxylation is 2. The SMILES string of the molecule is CCOC(=O)c1c(-c2ccc(OC)cc2)csc1NC(=O)Cc1c(C)nc2c(C)cccn12. The molecule has 0 bridgehead atoms. The van der Waals surface area contributed by atoms with Crippen LogP contribution in [0.25, 0.3) is 16.8 Å². The molecule has 0 atom stereocenters. The molecular formula is C25H25N3O4S. The van der Waals surface area contributed by atoms with Gasteiger partial charge in [-0.25, -0.2) is 9.78 Å². The van der Waals surface area contributed by atoms with E-state index in [4.69, 9.17) is 9.47 Å². The average molecular weight is 464 g/mol. The minimum Gasteiger partial charge on any atom is -0.497 e. The zero-order valence-corrected chi connectivity index (χ0v) is 19.8. The van der Waals surface area contributed by atoms with Crippen molar-refractivity contribution in [2.24, 2.45) is 0 Å². The Morgan fingerprint density at radius 2 is 1.91 bits per heavy atom. The van der Waals surface area contributed by atoms with Gasteiger partial charge in [0.25, 0.3) is 0 Å². The highest BCUT2D eigenvalue weighted by molar-refractivity contribution is 7.15. The maximum atomic E-state index is 13.0. The molecule has 0 aliphatic carbocycles. The Morgan fingerprint density at radius 3 is 2.61 bits per heavy atom. The standard InChI is InChI=1S/C25H25N3O4S/c1-5-32-25(30)22-19(17-8-10-18(31-4)11-9-17)14-33-24(22)27-21(29)13-20-16(3)26-23-15(2)7-6-12-28(20)23/h6-12,14H,5,13H2,1-4H3,(H,27,29). The number of nitrogens with zero attached hydrogens (tertiary/aromatic N) is 2. The van der Waals surface area contributed by atoms with Crippen LogP contribution in [0.3, 0.4) is 0 Å². The number of methoxy groups -OCH3 is 1. The van der Waals surface area contributed by atoms with Crippen molar-refractivity contribution in [2.75, 3.05) is 19.0 Å². The van der Waals surface area contributed by atoms with Crippen LogP contribution < -0.4 is 10.1 Å². The maximum absolute atomic E-state index is 13.0. The summed E-state index contributed by atoms with van der Waals surface area (Å²) in [7, 11) is 1.60. The van der Waals surface area contributed by atoms with Gasteiger partial charge in [0.05, 0.1) is 31.5 Å². The van der Waals surface area contributed by atoms with Crippen LogP contribution in [-0.4, -0.2) is 35.0 Å². The van der Waals surface area contributed by atoms with Gasteiger partial charge in [-0.15, -0.1) is 11.3 Å². The van der Waals surface area contributed by atoms with Gasteiger partial charge in [0.15, 0.2) is 0 Å². The molecule has 0 aliphatic rings. The van der Waals surface area contributed by atoms with E-state index in [9.17, 15) is 9.59 Å². The monoisotopic (exact) mass is 463 g/mol. The number of carbonyl (C=O) groups excluding carboxylic acids is 2. The van der Waals surface area contributed by atoms with Crippen molar-refractivity contribution in [2.45, 2.75) is 27.2 Å². The third-order valence-electron chi connectivity index (χ3n) is 5.40. The van der Waals surface area contributed by atoms with Crippen LogP contribution in [0.4, 0.5) is 5.00 Å². The van der Waals surface area contributed by atoms with Gasteiger partial charge in [-0.05, 0) is 50.1 Å². The first-order chi connectivity index (χ1) is 15.9. The van der Waals surface area contributed by atoms with Crippen LogP contribution in [0.1, 0.15) is 34.2 Å². The highest BCUT2D eigenvalue weighted by Crippen LogP contribution is 2.37. The second-order valence-electron chi connectivity index (χ2n) is 7.56. The fourth-order valence-corrected chi connectivity index (χ4v) is 4.71. The molecule has 3 heterocycles. The highest BCUT2D eigenvalue weighted by atomic mass is 32.1. The van der Waals surface area contributed by atoms with Crippen LogP contribution in [-0.2, 0) is 16.0 Å². The van der Waals surface area contributed by atoms with Crippen LogP contribution >= 0.6 is 11.3 Å². The number of imidazole rings is 1. The van der Waals surface area contributed by atoms with Gasteiger partial charge in [0.2, 0.25) is 5.91 Å². The third kappa shape index (κ3) is 4.47. The second kappa shape index (κ2) is 9.46. The Kier molecular flexibility index (Phi) is 6.46. The molecule has 0 saturated carbocycles. The number of hydrogen-bond donors (Lipinski definition) is 1. The van der Waals surface area contributed by atoms with Crippen molar-refractivity contribution in [3.63, 3.8) is 0 Å². The summed E-state index contributed by atoms with van der Waals surface area (Å²) in [6, 6.07) is 11.3. The van der Waals surface area contributed by atoms with Crippen molar-refractivity contribution in [3.8, 4) is 16.9 Å². The molecule has 0 unspecified atom stereocenters. The number of carbonyl (C=O) groups is 2. The Hall–Kier alpha value is -3.65. The van der Waals surface area contributed by atoms with Crippen molar-refractivity contribution < 1.29 is 19.1 Å². The van der Waals surface area contributed by atoms with Gasteiger partial charge >= 0.3 is 5.97 Å². The third-order valence-corrected chi connectivity index (χ3v) is 6.29. The van der Waals surface area contributed by atoms with E-state index in [1.165, 1.54) is 11.3 Å². The van der Waals surface area contributed by atoms with E-state index in [1.807, 2.05) is 66.2 Å². The number of benzene rings is 1. The summed E-state index contributed by atoms with van der Waals surface area (Å²) in [5.41, 5.74) is 5.39. The molecule has 4 aromatic rings. The molecule has 1 aromatic carbocycles. The van der Waals surface area contributed by atoms with E-state index in [1.54, 1.807) is 14.0 Å². The Labute approximate surface area is 196 Å². The van der Waals surface area contributed by atoms with Crippen molar-refractivity contribution in [1.82, 2.24) is 9.38 Å². The van der Waals surface area contributed by atoms with E-state index in [0.717, 1.165) is 33.9 Å². The molecule has 1 N–H and O–H groups in total. The van der Waals surface area contributed by atoms with E-state index in [-0.39, 0.29) is 18.9 Å². The molecule has 0 saturated heterocycles. The van der Waals surface area contributed by atoms with Crippen LogP contribution in [0.15, 0.2) is 48.0 Å². The average Bonchev–Trinajstić information content (AvgIpc) is 3.36. The number of ether oxygens (including phenoxy) is 2. The Balaban J connectivity index is 1.64. The number of hydrogen-bond acceptors (Lipinski definition) is 6. The fraction of sp³-hybridized carbons (Fsp3) is 0.240. The molecule has 0 fully saturated rings. The molecule has 1 amide bonds. The smallest absolute Gasteiger partial charge is 0.341 e. The van der Waals surface area contributed by atoms with E-state index in [0.29, 0.717) is 16.1 Å². The molecule has 3 aromatic heterocycles. The van der Waals surface area contributed by atoms with Crippen molar-refractivity contribution >= 4 is 33.9 Å². The number of esters is 1. The lowest BCUT2D eigenvalue weighted by Crippen LogP contribution is -2.18. The lowest BCUT2D eigenvalue weighted by Gasteiger charge is -2.10. The molecule has 170 valence electrons. The minimum atomic E-state index is -0.471. The van der Waals surface area contributed by atoms with Gasteiger partial charge in [-0.3, -0.25) is 4.79 Å². The number of pyridine rings is 1. The quantitative estimate of drug-likeness (QED) is 0.388. The van der Waals surface area contributed by atoms with Crippen molar-refractivity contribution in [1.29, 1.82) is 0 Å². The summed E-state index contributed by atoms with van der Waals surface area (Å²) < 4.78 is 12.5. The van der Waals surface area contributed by atoms with Gasteiger partial charge in [-0.1, -0.05) is 18.2 Å². The Morgan fingerprint density at radius 1 is 1.15 bits per heavy atom. The zero-order chi connectivity index (χ0) is 23.5. The first-order valence-electron chi connectivity index (χ1n) is 10.6. The predicted octanol–water partition coefficient (Wildman–Crippen LogP) is 5.05. The molecule has 4 rings (SSSR count). The maximum Gasteiger partial charge on any atom is 0.341 e. The summed E-state index contributed by atoms with van der Waals surface area (Å²) in [5, 5.41) is 5.24. The van der Waals surface area contributed by atoms with Crippen molar-refractivity contribution in [3.05, 3.63) is 70.5 Å². The van der Waals surface area contributed by atoms with Gasteiger partial charge in [0, 0.05) is 17.1 Å². The van der Waals surface area contributed by atoms with Gasteiger partial charge in [0.1, 0.15) is 22.0 Å². The lowest BCUT2D eigenvalue weighted by molar-refractivity contribution is -0.115. The normalized spacial score (nSPS) is 10.9. The Bertz CT molecular complexity index is 1320. The number of nitrogens with one attached hydrogen (secondary N) is 1. The number of amides is 1. The summed E-state index contributed by atoms with van der Waals surface area (Å²) in [4.78, 5) is 30.4. The minimum absolute atomic E-state index is 0.133. The number of aromatic nitrogens is 2. The number of rotatable bonds is 7. The number of thiophene rings is 1. The second-order valence-corrected chi connectivity index (χ2v) is 8.44. The lowest BCUT2D eigenvalue weighted by atomic mass is 10.0. The summed E-state index contributed by atoms with van der Waals surface area (Å²) >= 11 is 1.30. The highest BCUT2D eigenvalue weighted by Gasteiger charge is 2.23. The number of fused-ring (bicyclic) bond motifs is 1. The molecule has 33 heavy (non-hydrogen) atoms. The molecule has 0 spiro atoms. The molecule has 7 nitrogen and oxygen atoms in total.